The Balaban J connectivity index is 1.45. The fraction of sp³-hybridized carbons (Fsp3) is 0.391. The van der Waals surface area contributed by atoms with Gasteiger partial charge < -0.3 is 14.9 Å². The Hall–Kier alpha value is -3.33. The molecule has 32 heavy (non-hydrogen) atoms. The molecular weight excluding hydrogens is 413 g/mol. The van der Waals surface area contributed by atoms with E-state index < -0.39 is 5.82 Å². The van der Waals surface area contributed by atoms with E-state index in [4.69, 9.17) is 4.52 Å². The normalized spacial score (nSPS) is 18.7. The van der Waals surface area contributed by atoms with Crippen molar-refractivity contribution in [1.82, 2.24) is 25.3 Å². The number of nitrogens with zero attached hydrogens (tertiary/aromatic N) is 4. The van der Waals surface area contributed by atoms with Crippen LogP contribution >= 0.6 is 0 Å². The summed E-state index contributed by atoms with van der Waals surface area (Å²) in [6, 6.07) is 8.20. The van der Waals surface area contributed by atoms with Crippen LogP contribution in [0.5, 0.6) is 5.75 Å². The number of aromatic hydroxyl groups is 1. The van der Waals surface area contributed by atoms with Gasteiger partial charge >= 0.3 is 0 Å². The average Bonchev–Trinajstić information content (AvgIpc) is 3.28. The molecule has 0 spiro atoms. The maximum absolute atomic E-state index is 13.7. The van der Waals surface area contributed by atoms with Gasteiger partial charge in [-0.3, -0.25) is 14.7 Å². The predicted molar refractivity (Wildman–Crippen MR) is 115 cm³/mol. The largest absolute Gasteiger partial charge is 0.505 e. The van der Waals surface area contributed by atoms with E-state index in [-0.39, 0.29) is 17.6 Å². The number of hydrogen-bond donors (Lipinski definition) is 2. The molecule has 1 amide bonds. The Morgan fingerprint density at radius 2 is 2.12 bits per heavy atom. The molecule has 1 atom stereocenters. The number of aromatic nitrogens is 3. The minimum Gasteiger partial charge on any atom is -0.505 e. The summed E-state index contributed by atoms with van der Waals surface area (Å²) in [5.41, 5.74) is 1.29. The third-order valence-electron chi connectivity index (χ3n) is 5.67. The first kappa shape index (κ1) is 21.9. The molecule has 1 aromatic carbocycles. The van der Waals surface area contributed by atoms with Gasteiger partial charge in [0.1, 0.15) is 0 Å². The van der Waals surface area contributed by atoms with Crippen LogP contribution in [-0.4, -0.2) is 50.7 Å². The summed E-state index contributed by atoms with van der Waals surface area (Å²) >= 11 is 0. The highest BCUT2D eigenvalue weighted by atomic mass is 19.1. The van der Waals surface area contributed by atoms with Crippen molar-refractivity contribution in [3.8, 4) is 17.1 Å². The second-order valence-electron chi connectivity index (χ2n) is 7.95. The molecule has 0 saturated carbocycles. The molecule has 2 aromatic heterocycles. The number of nitrogens with one attached hydrogen (secondary N) is 1. The van der Waals surface area contributed by atoms with Gasteiger partial charge in [-0.05, 0) is 44.0 Å². The van der Waals surface area contributed by atoms with Crippen molar-refractivity contribution in [1.29, 1.82) is 0 Å². The van der Waals surface area contributed by atoms with Crippen molar-refractivity contribution >= 4 is 5.91 Å². The van der Waals surface area contributed by atoms with Crippen molar-refractivity contribution in [2.75, 3.05) is 19.6 Å². The number of carbonyl (C=O) groups is 1. The van der Waals surface area contributed by atoms with Gasteiger partial charge in [0.2, 0.25) is 17.6 Å². The van der Waals surface area contributed by atoms with Gasteiger partial charge in [-0.1, -0.05) is 17.3 Å². The lowest BCUT2D eigenvalue weighted by atomic mass is 9.99. The molecule has 1 fully saturated rings. The van der Waals surface area contributed by atoms with Crippen LogP contribution in [0.15, 0.2) is 47.2 Å². The fourth-order valence-electron chi connectivity index (χ4n) is 3.90. The van der Waals surface area contributed by atoms with Crippen molar-refractivity contribution in [2.45, 2.75) is 38.1 Å². The van der Waals surface area contributed by atoms with Gasteiger partial charge in [0.25, 0.3) is 0 Å². The number of rotatable bonds is 4. The quantitative estimate of drug-likeness (QED) is 0.643. The summed E-state index contributed by atoms with van der Waals surface area (Å²) in [4.78, 5) is 23.0. The van der Waals surface area contributed by atoms with Gasteiger partial charge in [-0.25, -0.2) is 4.39 Å². The molecule has 0 bridgehead atoms. The highest BCUT2D eigenvalue weighted by molar-refractivity contribution is 5.76. The van der Waals surface area contributed by atoms with E-state index in [1.54, 1.807) is 24.5 Å². The third kappa shape index (κ3) is 5.47. The fourth-order valence-corrected chi connectivity index (χ4v) is 3.90. The van der Waals surface area contributed by atoms with Crippen LogP contribution in [-0.2, 0) is 11.3 Å². The molecule has 168 valence electrons. The number of phenolic OH excluding ortho intramolecular Hbond substituents is 1. The first-order valence-corrected chi connectivity index (χ1v) is 10.8. The molecule has 0 aliphatic carbocycles. The third-order valence-corrected chi connectivity index (χ3v) is 5.67. The molecule has 1 saturated heterocycles. The van der Waals surface area contributed by atoms with E-state index in [9.17, 15) is 14.3 Å². The van der Waals surface area contributed by atoms with Gasteiger partial charge in [0.15, 0.2) is 11.6 Å². The van der Waals surface area contributed by atoms with Crippen LogP contribution in [0.2, 0.25) is 0 Å². The summed E-state index contributed by atoms with van der Waals surface area (Å²) in [5, 5.41) is 17.1. The lowest BCUT2D eigenvalue weighted by Crippen LogP contribution is -2.31. The SMILES string of the molecule is O=C1CCN(Cc2cccc(F)c2O)CCCC(c2nc(-c3cccnc3)no2)CCN1. The number of amides is 1. The van der Waals surface area contributed by atoms with E-state index in [1.807, 2.05) is 12.1 Å². The summed E-state index contributed by atoms with van der Waals surface area (Å²) in [5.74, 6) is 0.0368. The zero-order chi connectivity index (χ0) is 22.3. The smallest absolute Gasteiger partial charge is 0.230 e. The van der Waals surface area contributed by atoms with E-state index >= 15 is 0 Å². The van der Waals surface area contributed by atoms with Crippen LogP contribution in [0.4, 0.5) is 4.39 Å². The number of pyridine rings is 1. The van der Waals surface area contributed by atoms with Crippen LogP contribution in [0.1, 0.15) is 43.1 Å². The van der Waals surface area contributed by atoms with Crippen molar-refractivity contribution < 1.29 is 18.8 Å². The highest BCUT2D eigenvalue weighted by Gasteiger charge is 2.22. The molecule has 4 rings (SSSR count). The van der Waals surface area contributed by atoms with Crippen LogP contribution < -0.4 is 5.32 Å². The number of carbonyl (C=O) groups excluding carboxylic acids is 1. The minimum absolute atomic E-state index is 0.00995. The standard InChI is InChI=1S/C23H26FN5O3/c24-19-7-1-4-18(21(19)31)15-29-12-3-6-16(8-11-26-20(30)9-13-29)23-27-22(28-32-23)17-5-2-10-25-14-17/h1-2,4-5,7,10,14,16,31H,3,6,8-9,11-13,15H2,(H,26,30). The number of halogens is 1. The molecule has 8 nitrogen and oxygen atoms in total. The zero-order valence-corrected chi connectivity index (χ0v) is 17.7. The molecule has 1 unspecified atom stereocenters. The monoisotopic (exact) mass is 439 g/mol. The Labute approximate surface area is 185 Å². The first-order valence-electron chi connectivity index (χ1n) is 10.8. The summed E-state index contributed by atoms with van der Waals surface area (Å²) in [6.07, 6.45) is 6.05. The maximum Gasteiger partial charge on any atom is 0.230 e. The number of benzene rings is 1. The molecule has 2 N–H and O–H groups in total. The lowest BCUT2D eigenvalue weighted by molar-refractivity contribution is -0.121. The van der Waals surface area contributed by atoms with Gasteiger partial charge in [-0.2, -0.15) is 4.98 Å². The summed E-state index contributed by atoms with van der Waals surface area (Å²) in [7, 11) is 0. The number of para-hydroxylation sites is 1. The second kappa shape index (κ2) is 10.3. The molecule has 1 aliphatic rings. The molecule has 3 heterocycles. The van der Waals surface area contributed by atoms with Gasteiger partial charge in [0, 0.05) is 55.5 Å². The first-order chi connectivity index (χ1) is 15.6. The lowest BCUT2D eigenvalue weighted by Gasteiger charge is -2.22. The Morgan fingerprint density at radius 1 is 1.22 bits per heavy atom. The van der Waals surface area contributed by atoms with E-state index in [0.717, 1.165) is 18.4 Å². The summed E-state index contributed by atoms with van der Waals surface area (Å²) in [6.45, 7) is 2.12. The van der Waals surface area contributed by atoms with E-state index in [0.29, 0.717) is 56.3 Å². The highest BCUT2D eigenvalue weighted by Crippen LogP contribution is 2.27. The Kier molecular flexibility index (Phi) is 7.06. The van der Waals surface area contributed by atoms with Crippen molar-refractivity contribution in [3.05, 3.63) is 60.0 Å². The zero-order valence-electron chi connectivity index (χ0n) is 17.7. The molecule has 3 aromatic rings. The predicted octanol–water partition coefficient (Wildman–Crippen LogP) is 3.25. The second-order valence-corrected chi connectivity index (χ2v) is 7.95. The van der Waals surface area contributed by atoms with Gasteiger partial charge in [-0.15, -0.1) is 0 Å². The minimum atomic E-state index is -0.640. The Morgan fingerprint density at radius 3 is 2.97 bits per heavy atom. The molecular formula is C23H26FN5O3. The maximum atomic E-state index is 13.7. The van der Waals surface area contributed by atoms with Gasteiger partial charge in [0.05, 0.1) is 0 Å². The molecule has 9 heteroatoms. The Bertz CT molecular complexity index is 1040. The van der Waals surface area contributed by atoms with Crippen LogP contribution in [0, 0.1) is 5.82 Å². The average molecular weight is 439 g/mol. The van der Waals surface area contributed by atoms with E-state index in [2.05, 4.69) is 25.3 Å². The topological polar surface area (TPSA) is 104 Å². The van der Waals surface area contributed by atoms with E-state index in [1.165, 1.54) is 6.07 Å². The van der Waals surface area contributed by atoms with Crippen LogP contribution in [0.3, 0.4) is 0 Å². The molecule has 1 aliphatic heterocycles. The molecule has 0 radical (unpaired) electrons. The number of phenols is 1. The van der Waals surface area contributed by atoms with Crippen molar-refractivity contribution in [2.24, 2.45) is 0 Å². The number of hydrogen-bond acceptors (Lipinski definition) is 7. The van der Waals surface area contributed by atoms with Crippen molar-refractivity contribution in [3.63, 3.8) is 0 Å². The summed E-state index contributed by atoms with van der Waals surface area (Å²) < 4.78 is 19.3. The van der Waals surface area contributed by atoms with Crippen LogP contribution in [0.25, 0.3) is 11.4 Å².